The summed E-state index contributed by atoms with van der Waals surface area (Å²) in [4.78, 5) is 26.2. The second-order valence-electron chi connectivity index (χ2n) is 6.37. The number of amides is 2. The van der Waals surface area contributed by atoms with Gasteiger partial charge in [0.1, 0.15) is 11.6 Å². The molecule has 1 aliphatic rings. The summed E-state index contributed by atoms with van der Waals surface area (Å²) in [6.07, 6.45) is 0.745. The van der Waals surface area contributed by atoms with Gasteiger partial charge < -0.3 is 10.1 Å². The summed E-state index contributed by atoms with van der Waals surface area (Å²) in [7, 11) is 1.22. The predicted octanol–water partition coefficient (Wildman–Crippen LogP) is 3.52. The SMILES string of the molecule is COC(=O)C1=C(C)N(CCC(C)C)C(=O)N[C@@H]1c1ccc(F)cc1F. The number of carbonyl (C=O) groups is 2. The maximum absolute atomic E-state index is 14.2. The maximum atomic E-state index is 14.2. The molecule has 1 aromatic carbocycles. The summed E-state index contributed by atoms with van der Waals surface area (Å²) in [5.74, 6) is -1.87. The number of nitrogens with one attached hydrogen (secondary N) is 1. The fourth-order valence-electron chi connectivity index (χ4n) is 2.78. The van der Waals surface area contributed by atoms with E-state index in [1.54, 1.807) is 6.92 Å². The number of allylic oxidation sites excluding steroid dienone is 1. The molecule has 0 bridgehead atoms. The maximum Gasteiger partial charge on any atom is 0.337 e. The van der Waals surface area contributed by atoms with Gasteiger partial charge in [-0.2, -0.15) is 0 Å². The Morgan fingerprint density at radius 2 is 2.04 bits per heavy atom. The van der Waals surface area contributed by atoms with Gasteiger partial charge >= 0.3 is 12.0 Å². The topological polar surface area (TPSA) is 58.6 Å². The molecule has 7 heteroatoms. The van der Waals surface area contributed by atoms with Crippen LogP contribution >= 0.6 is 0 Å². The van der Waals surface area contributed by atoms with Crippen molar-refractivity contribution in [1.29, 1.82) is 0 Å². The van der Waals surface area contributed by atoms with E-state index in [-0.39, 0.29) is 11.1 Å². The number of carbonyl (C=O) groups excluding carboxylic acids is 2. The molecule has 1 heterocycles. The number of esters is 1. The summed E-state index contributed by atoms with van der Waals surface area (Å²) in [5, 5.41) is 2.63. The number of urea groups is 1. The molecule has 0 unspecified atom stereocenters. The third-order valence-corrected chi connectivity index (χ3v) is 4.21. The number of ether oxygens (including phenoxy) is 1. The van der Waals surface area contributed by atoms with Gasteiger partial charge in [-0.15, -0.1) is 0 Å². The van der Waals surface area contributed by atoms with Crippen molar-refractivity contribution in [3.8, 4) is 0 Å². The highest BCUT2D eigenvalue weighted by Gasteiger charge is 2.37. The Labute approximate surface area is 145 Å². The van der Waals surface area contributed by atoms with Crippen molar-refractivity contribution in [3.05, 3.63) is 46.7 Å². The Morgan fingerprint density at radius 3 is 2.60 bits per heavy atom. The number of hydrogen-bond donors (Lipinski definition) is 1. The minimum atomic E-state index is -1.03. The van der Waals surface area contributed by atoms with Crippen LogP contribution in [-0.2, 0) is 9.53 Å². The van der Waals surface area contributed by atoms with Crippen LogP contribution in [0.4, 0.5) is 13.6 Å². The van der Waals surface area contributed by atoms with Gasteiger partial charge in [0.2, 0.25) is 0 Å². The van der Waals surface area contributed by atoms with Crippen molar-refractivity contribution in [1.82, 2.24) is 10.2 Å². The molecule has 1 aromatic rings. The van der Waals surface area contributed by atoms with Crippen LogP contribution in [0.1, 0.15) is 38.8 Å². The molecule has 1 aliphatic heterocycles. The second kappa shape index (κ2) is 7.63. The molecule has 0 saturated carbocycles. The zero-order chi connectivity index (χ0) is 18.7. The molecule has 0 aliphatic carbocycles. The molecule has 0 spiro atoms. The van der Waals surface area contributed by atoms with Crippen molar-refractivity contribution in [2.75, 3.05) is 13.7 Å². The highest BCUT2D eigenvalue weighted by atomic mass is 19.1. The van der Waals surface area contributed by atoms with Crippen LogP contribution in [0.2, 0.25) is 0 Å². The van der Waals surface area contributed by atoms with E-state index in [2.05, 4.69) is 5.32 Å². The molecule has 0 fully saturated rings. The van der Waals surface area contributed by atoms with Gasteiger partial charge in [0.15, 0.2) is 0 Å². The quantitative estimate of drug-likeness (QED) is 0.825. The average molecular weight is 352 g/mol. The number of methoxy groups -OCH3 is 1. The van der Waals surface area contributed by atoms with Gasteiger partial charge in [-0.1, -0.05) is 19.9 Å². The Bertz CT molecular complexity index is 716. The first-order valence-corrected chi connectivity index (χ1v) is 8.08. The zero-order valence-electron chi connectivity index (χ0n) is 14.7. The van der Waals surface area contributed by atoms with Crippen LogP contribution < -0.4 is 5.32 Å². The Balaban J connectivity index is 2.49. The fraction of sp³-hybridized carbons (Fsp3) is 0.444. The number of nitrogens with zero attached hydrogens (tertiary/aromatic N) is 1. The molecule has 1 N–H and O–H groups in total. The Kier molecular flexibility index (Phi) is 5.77. The first-order valence-electron chi connectivity index (χ1n) is 8.08. The van der Waals surface area contributed by atoms with Gasteiger partial charge in [-0.25, -0.2) is 18.4 Å². The molecule has 0 aromatic heterocycles. The molecule has 1 atom stereocenters. The first-order chi connectivity index (χ1) is 11.8. The minimum absolute atomic E-state index is 0.0120. The molecule has 0 saturated heterocycles. The minimum Gasteiger partial charge on any atom is -0.466 e. The number of benzene rings is 1. The van der Waals surface area contributed by atoms with E-state index in [9.17, 15) is 18.4 Å². The Hall–Kier alpha value is -2.44. The van der Waals surface area contributed by atoms with Crippen LogP contribution in [0.15, 0.2) is 29.5 Å². The molecule has 136 valence electrons. The van der Waals surface area contributed by atoms with Crippen molar-refractivity contribution in [2.24, 2.45) is 5.92 Å². The van der Waals surface area contributed by atoms with Crippen LogP contribution in [-0.4, -0.2) is 30.6 Å². The van der Waals surface area contributed by atoms with Crippen molar-refractivity contribution in [2.45, 2.75) is 33.2 Å². The highest BCUT2D eigenvalue weighted by molar-refractivity contribution is 5.95. The lowest BCUT2D eigenvalue weighted by atomic mass is 9.94. The first kappa shape index (κ1) is 18.9. The smallest absolute Gasteiger partial charge is 0.337 e. The summed E-state index contributed by atoms with van der Waals surface area (Å²) < 4.78 is 32.2. The fourth-order valence-corrected chi connectivity index (χ4v) is 2.78. The Morgan fingerprint density at radius 1 is 1.36 bits per heavy atom. The van der Waals surface area contributed by atoms with Crippen molar-refractivity contribution < 1.29 is 23.1 Å². The van der Waals surface area contributed by atoms with Crippen molar-refractivity contribution >= 4 is 12.0 Å². The number of hydrogen-bond acceptors (Lipinski definition) is 3. The predicted molar refractivity (Wildman–Crippen MR) is 88.5 cm³/mol. The lowest BCUT2D eigenvalue weighted by Crippen LogP contribution is -2.48. The molecule has 0 radical (unpaired) electrons. The van der Waals surface area contributed by atoms with E-state index in [0.29, 0.717) is 18.2 Å². The van der Waals surface area contributed by atoms with Crippen molar-refractivity contribution in [3.63, 3.8) is 0 Å². The van der Waals surface area contributed by atoms with Gasteiger partial charge in [0, 0.05) is 23.9 Å². The normalized spacial score (nSPS) is 17.8. The molecule has 5 nitrogen and oxygen atoms in total. The van der Waals surface area contributed by atoms with Gasteiger partial charge in [0.25, 0.3) is 0 Å². The van der Waals surface area contributed by atoms with Crippen LogP contribution in [0.5, 0.6) is 0 Å². The average Bonchev–Trinajstić information content (AvgIpc) is 2.53. The molecule has 25 heavy (non-hydrogen) atoms. The second-order valence-corrected chi connectivity index (χ2v) is 6.37. The van der Waals surface area contributed by atoms with Gasteiger partial charge in [0.05, 0.1) is 18.7 Å². The molecule has 2 rings (SSSR count). The van der Waals surface area contributed by atoms with Crippen LogP contribution in [0.25, 0.3) is 0 Å². The van der Waals surface area contributed by atoms with Gasteiger partial charge in [-0.05, 0) is 25.3 Å². The highest BCUT2D eigenvalue weighted by Crippen LogP contribution is 2.33. The lowest BCUT2D eigenvalue weighted by molar-refractivity contribution is -0.136. The van der Waals surface area contributed by atoms with E-state index in [0.717, 1.165) is 18.6 Å². The largest absolute Gasteiger partial charge is 0.466 e. The van der Waals surface area contributed by atoms with Gasteiger partial charge in [-0.3, -0.25) is 4.90 Å². The molecule has 2 amide bonds. The zero-order valence-corrected chi connectivity index (χ0v) is 14.7. The number of rotatable bonds is 5. The third kappa shape index (κ3) is 3.97. The van der Waals surface area contributed by atoms with Crippen LogP contribution in [0, 0.1) is 17.6 Å². The lowest BCUT2D eigenvalue weighted by Gasteiger charge is -2.35. The summed E-state index contributed by atoms with van der Waals surface area (Å²) in [6, 6.07) is 1.56. The standard InChI is InChI=1S/C18H22F2N2O3/c1-10(2)7-8-22-11(3)15(17(23)25-4)16(21-18(22)24)13-6-5-12(19)9-14(13)20/h5-6,9-10,16H,7-8H2,1-4H3,(H,21,24)/t16-/m1/s1. The summed E-state index contributed by atoms with van der Waals surface area (Å²) in [6.45, 7) is 6.10. The molecular formula is C18H22F2N2O3. The number of halogens is 2. The van der Waals surface area contributed by atoms with E-state index < -0.39 is 29.7 Å². The van der Waals surface area contributed by atoms with E-state index in [4.69, 9.17) is 4.74 Å². The van der Waals surface area contributed by atoms with E-state index >= 15 is 0 Å². The van der Waals surface area contributed by atoms with E-state index in [1.165, 1.54) is 18.1 Å². The van der Waals surface area contributed by atoms with E-state index in [1.807, 2.05) is 13.8 Å². The third-order valence-electron chi connectivity index (χ3n) is 4.21. The summed E-state index contributed by atoms with van der Waals surface area (Å²) in [5.41, 5.74) is 0.555. The monoisotopic (exact) mass is 352 g/mol. The van der Waals surface area contributed by atoms with Crippen LogP contribution in [0.3, 0.4) is 0 Å². The molecular weight excluding hydrogens is 330 g/mol. The summed E-state index contributed by atoms with van der Waals surface area (Å²) >= 11 is 0.